The van der Waals surface area contributed by atoms with E-state index in [1.807, 2.05) is 24.3 Å². The molecule has 0 amide bonds. The van der Waals surface area contributed by atoms with Crippen LogP contribution in [0.3, 0.4) is 0 Å². The molecule has 19 heavy (non-hydrogen) atoms. The molecule has 1 nitrogen and oxygen atoms in total. The lowest BCUT2D eigenvalue weighted by Crippen LogP contribution is -2.36. The summed E-state index contributed by atoms with van der Waals surface area (Å²) >= 11 is 6.04. The molecule has 0 heterocycles. The van der Waals surface area contributed by atoms with Crippen molar-refractivity contribution in [3.8, 4) is 0 Å². The van der Waals surface area contributed by atoms with Crippen LogP contribution in [-0.4, -0.2) is 5.11 Å². The van der Waals surface area contributed by atoms with E-state index in [1.54, 1.807) is 0 Å². The van der Waals surface area contributed by atoms with Crippen LogP contribution in [0.5, 0.6) is 0 Å². The summed E-state index contributed by atoms with van der Waals surface area (Å²) in [5, 5.41) is 11.6. The number of benzene rings is 1. The smallest absolute Gasteiger partial charge is 0.0897 e. The van der Waals surface area contributed by atoms with Crippen molar-refractivity contribution in [3.05, 3.63) is 34.9 Å². The van der Waals surface area contributed by atoms with Crippen molar-refractivity contribution in [3.63, 3.8) is 0 Å². The van der Waals surface area contributed by atoms with Gasteiger partial charge in [0.1, 0.15) is 0 Å². The van der Waals surface area contributed by atoms with E-state index in [-0.39, 0.29) is 0 Å². The second-order valence-electron chi connectivity index (χ2n) is 6.66. The summed E-state index contributed by atoms with van der Waals surface area (Å²) in [6.07, 6.45) is 5.10. The highest BCUT2D eigenvalue weighted by Gasteiger charge is 2.39. The van der Waals surface area contributed by atoms with Crippen molar-refractivity contribution < 1.29 is 5.11 Å². The molecule has 0 aliphatic heterocycles. The SMILES string of the molecule is CCC(C)(C)C1CCC(O)(c2cccc(Cl)c2)CC1. The van der Waals surface area contributed by atoms with E-state index in [0.717, 1.165) is 37.2 Å². The average molecular weight is 281 g/mol. The van der Waals surface area contributed by atoms with Crippen LogP contribution >= 0.6 is 11.6 Å². The molecule has 1 saturated carbocycles. The third-order valence-corrected chi connectivity index (χ3v) is 5.43. The fourth-order valence-electron chi connectivity index (χ4n) is 3.23. The first-order valence-electron chi connectivity index (χ1n) is 7.36. The Balaban J connectivity index is 2.10. The molecule has 0 spiro atoms. The van der Waals surface area contributed by atoms with Gasteiger partial charge < -0.3 is 5.11 Å². The van der Waals surface area contributed by atoms with Crippen LogP contribution in [0.1, 0.15) is 58.4 Å². The molecule has 0 atom stereocenters. The van der Waals surface area contributed by atoms with E-state index in [4.69, 9.17) is 11.6 Å². The standard InChI is InChI=1S/C17H25ClO/c1-4-16(2,3)13-8-10-17(19,11-9-13)14-6-5-7-15(18)12-14/h5-7,12-13,19H,4,8-11H2,1-3H3. The van der Waals surface area contributed by atoms with Gasteiger partial charge in [0.2, 0.25) is 0 Å². The molecule has 1 fully saturated rings. The van der Waals surface area contributed by atoms with Gasteiger partial charge in [-0.1, -0.05) is 50.9 Å². The van der Waals surface area contributed by atoms with Gasteiger partial charge >= 0.3 is 0 Å². The van der Waals surface area contributed by atoms with Crippen LogP contribution in [0.2, 0.25) is 5.02 Å². The maximum absolute atomic E-state index is 10.9. The Kier molecular flexibility index (Phi) is 4.27. The third-order valence-electron chi connectivity index (χ3n) is 5.19. The van der Waals surface area contributed by atoms with Crippen molar-refractivity contribution >= 4 is 11.6 Å². The minimum atomic E-state index is -0.675. The van der Waals surface area contributed by atoms with E-state index in [0.29, 0.717) is 10.4 Å². The van der Waals surface area contributed by atoms with E-state index in [2.05, 4.69) is 20.8 Å². The highest BCUT2D eigenvalue weighted by atomic mass is 35.5. The zero-order valence-electron chi connectivity index (χ0n) is 12.2. The van der Waals surface area contributed by atoms with Crippen molar-refractivity contribution in [2.75, 3.05) is 0 Å². The van der Waals surface area contributed by atoms with Gasteiger partial charge in [-0.3, -0.25) is 0 Å². The molecule has 1 aromatic carbocycles. The molecule has 1 aliphatic carbocycles. The number of hydrogen-bond donors (Lipinski definition) is 1. The molecule has 1 N–H and O–H groups in total. The lowest BCUT2D eigenvalue weighted by molar-refractivity contribution is -0.0328. The third kappa shape index (κ3) is 3.14. The molecular weight excluding hydrogens is 256 g/mol. The van der Waals surface area contributed by atoms with Gasteiger partial charge in [-0.05, 0) is 54.7 Å². The van der Waals surface area contributed by atoms with E-state index >= 15 is 0 Å². The Morgan fingerprint density at radius 1 is 1.32 bits per heavy atom. The summed E-state index contributed by atoms with van der Waals surface area (Å²) < 4.78 is 0. The monoisotopic (exact) mass is 280 g/mol. The normalized spacial score (nSPS) is 28.4. The molecule has 0 saturated heterocycles. The Morgan fingerprint density at radius 2 is 1.95 bits per heavy atom. The molecule has 0 unspecified atom stereocenters. The van der Waals surface area contributed by atoms with Crippen LogP contribution in [-0.2, 0) is 5.60 Å². The van der Waals surface area contributed by atoms with E-state index in [1.165, 1.54) is 6.42 Å². The molecule has 0 bridgehead atoms. The van der Waals surface area contributed by atoms with Crippen LogP contribution in [0, 0.1) is 11.3 Å². The van der Waals surface area contributed by atoms with Crippen LogP contribution in [0.4, 0.5) is 0 Å². The summed E-state index contributed by atoms with van der Waals surface area (Å²) in [6.45, 7) is 6.96. The molecule has 106 valence electrons. The molecule has 1 aromatic rings. The fourth-order valence-corrected chi connectivity index (χ4v) is 3.42. The van der Waals surface area contributed by atoms with Gasteiger partial charge in [-0.15, -0.1) is 0 Å². The Bertz CT molecular complexity index is 431. The van der Waals surface area contributed by atoms with E-state index in [9.17, 15) is 5.11 Å². The maximum atomic E-state index is 10.9. The topological polar surface area (TPSA) is 20.2 Å². The molecule has 0 aromatic heterocycles. The number of halogens is 1. The number of rotatable bonds is 3. The average Bonchev–Trinajstić information content (AvgIpc) is 2.39. The van der Waals surface area contributed by atoms with Gasteiger partial charge in [0.15, 0.2) is 0 Å². The van der Waals surface area contributed by atoms with Crippen LogP contribution < -0.4 is 0 Å². The fraction of sp³-hybridized carbons (Fsp3) is 0.647. The highest BCUT2D eigenvalue weighted by Crippen LogP contribution is 2.46. The zero-order chi connectivity index (χ0) is 14.1. The second kappa shape index (κ2) is 5.46. The van der Waals surface area contributed by atoms with Crippen molar-refractivity contribution in [1.29, 1.82) is 0 Å². The van der Waals surface area contributed by atoms with Gasteiger partial charge in [0, 0.05) is 5.02 Å². The first-order chi connectivity index (χ1) is 8.87. The summed E-state index contributed by atoms with van der Waals surface area (Å²) in [5.74, 6) is 0.719. The number of hydrogen-bond acceptors (Lipinski definition) is 1. The predicted molar refractivity (Wildman–Crippen MR) is 81.4 cm³/mol. The second-order valence-corrected chi connectivity index (χ2v) is 7.09. The lowest BCUT2D eigenvalue weighted by atomic mass is 9.65. The Morgan fingerprint density at radius 3 is 2.47 bits per heavy atom. The minimum absolute atomic E-state index is 0.385. The van der Waals surface area contributed by atoms with Crippen LogP contribution in [0.15, 0.2) is 24.3 Å². The van der Waals surface area contributed by atoms with Crippen molar-refractivity contribution in [1.82, 2.24) is 0 Å². The minimum Gasteiger partial charge on any atom is -0.385 e. The van der Waals surface area contributed by atoms with Crippen LogP contribution in [0.25, 0.3) is 0 Å². The van der Waals surface area contributed by atoms with Gasteiger partial charge in [0.05, 0.1) is 5.60 Å². The van der Waals surface area contributed by atoms with Gasteiger partial charge in [-0.2, -0.15) is 0 Å². The summed E-state index contributed by atoms with van der Waals surface area (Å²) in [7, 11) is 0. The molecule has 0 radical (unpaired) electrons. The van der Waals surface area contributed by atoms with Crippen molar-refractivity contribution in [2.45, 2.75) is 58.5 Å². The number of aliphatic hydroxyl groups is 1. The molecule has 2 heteroatoms. The zero-order valence-corrected chi connectivity index (χ0v) is 13.0. The maximum Gasteiger partial charge on any atom is 0.0897 e. The molecule has 2 rings (SSSR count). The summed E-state index contributed by atoms with van der Waals surface area (Å²) in [4.78, 5) is 0. The lowest BCUT2D eigenvalue weighted by Gasteiger charge is -2.42. The largest absolute Gasteiger partial charge is 0.385 e. The quantitative estimate of drug-likeness (QED) is 0.811. The first kappa shape index (κ1) is 14.9. The summed E-state index contributed by atoms with van der Waals surface area (Å²) in [6, 6.07) is 7.70. The molecular formula is C17H25ClO. The Hall–Kier alpha value is -0.530. The Labute approximate surface area is 122 Å². The first-order valence-corrected chi connectivity index (χ1v) is 7.73. The summed E-state index contributed by atoms with van der Waals surface area (Å²) in [5.41, 5.74) is 0.689. The van der Waals surface area contributed by atoms with Crippen molar-refractivity contribution in [2.24, 2.45) is 11.3 Å². The van der Waals surface area contributed by atoms with Gasteiger partial charge in [0.25, 0.3) is 0 Å². The predicted octanol–water partition coefficient (Wildman–Crippen LogP) is 5.15. The van der Waals surface area contributed by atoms with Gasteiger partial charge in [-0.25, -0.2) is 0 Å². The van der Waals surface area contributed by atoms with E-state index < -0.39 is 5.60 Å². The highest BCUT2D eigenvalue weighted by molar-refractivity contribution is 6.30. The molecule has 1 aliphatic rings.